The van der Waals surface area contributed by atoms with E-state index < -0.39 is 6.04 Å². The summed E-state index contributed by atoms with van der Waals surface area (Å²) in [5.74, 6) is -1.29. The van der Waals surface area contributed by atoms with Gasteiger partial charge in [0.05, 0.1) is 29.7 Å². The molecule has 1 aromatic rings. The summed E-state index contributed by atoms with van der Waals surface area (Å²) in [6.45, 7) is 1.85. The number of piperazine rings is 1. The van der Waals surface area contributed by atoms with Crippen LogP contribution in [0.4, 0.5) is 5.69 Å². The maximum Gasteiger partial charge on any atom is 0.237 e. The standard InChI is InChI=1S/C20H26ClN5O4/c21-14-3-1-2-4-15(14)24-17(27)11-16-20(30)23-7-10-26(16)12-18(28)25-8-5-13(6-9-25)19(22)29/h1-4,13,16H,5-12H2,(H2,22,29)(H,23,30)(H,24,27). The van der Waals surface area contributed by atoms with Crippen molar-refractivity contribution in [1.29, 1.82) is 0 Å². The maximum atomic E-state index is 12.7. The van der Waals surface area contributed by atoms with Crippen molar-refractivity contribution in [2.24, 2.45) is 11.7 Å². The maximum absolute atomic E-state index is 12.7. The number of benzene rings is 1. The lowest BCUT2D eigenvalue weighted by Crippen LogP contribution is -2.58. The molecule has 4 amide bonds. The van der Waals surface area contributed by atoms with Crippen molar-refractivity contribution in [2.45, 2.75) is 25.3 Å². The second-order valence-corrected chi connectivity index (χ2v) is 7.97. The minimum Gasteiger partial charge on any atom is -0.369 e. The largest absolute Gasteiger partial charge is 0.369 e. The van der Waals surface area contributed by atoms with Crippen molar-refractivity contribution < 1.29 is 19.2 Å². The Morgan fingerprint density at radius 3 is 2.53 bits per heavy atom. The van der Waals surface area contributed by atoms with Gasteiger partial charge in [0.15, 0.2) is 0 Å². The van der Waals surface area contributed by atoms with Gasteiger partial charge in [0, 0.05) is 32.1 Å². The van der Waals surface area contributed by atoms with Gasteiger partial charge in [0.25, 0.3) is 0 Å². The number of hydrogen-bond donors (Lipinski definition) is 3. The average Bonchev–Trinajstić information content (AvgIpc) is 2.72. The van der Waals surface area contributed by atoms with Crippen molar-refractivity contribution >= 4 is 40.9 Å². The zero-order valence-corrected chi connectivity index (χ0v) is 17.4. The van der Waals surface area contributed by atoms with Gasteiger partial charge in [0.1, 0.15) is 0 Å². The van der Waals surface area contributed by atoms with Gasteiger partial charge in [-0.3, -0.25) is 24.1 Å². The van der Waals surface area contributed by atoms with Gasteiger partial charge < -0.3 is 21.3 Å². The van der Waals surface area contributed by atoms with E-state index in [1.54, 1.807) is 34.1 Å². The Morgan fingerprint density at radius 2 is 1.87 bits per heavy atom. The van der Waals surface area contributed by atoms with Crippen molar-refractivity contribution in [3.63, 3.8) is 0 Å². The summed E-state index contributed by atoms with van der Waals surface area (Å²) in [4.78, 5) is 52.3. The van der Waals surface area contributed by atoms with E-state index in [2.05, 4.69) is 10.6 Å². The van der Waals surface area contributed by atoms with E-state index in [4.69, 9.17) is 17.3 Å². The zero-order valence-electron chi connectivity index (χ0n) is 16.6. The van der Waals surface area contributed by atoms with E-state index in [9.17, 15) is 19.2 Å². The zero-order chi connectivity index (χ0) is 21.7. The summed E-state index contributed by atoms with van der Waals surface area (Å²) < 4.78 is 0. The van der Waals surface area contributed by atoms with Crippen LogP contribution in [0.3, 0.4) is 0 Å². The third kappa shape index (κ3) is 5.48. The molecule has 2 heterocycles. The Morgan fingerprint density at radius 1 is 1.17 bits per heavy atom. The lowest BCUT2D eigenvalue weighted by Gasteiger charge is -2.37. The van der Waals surface area contributed by atoms with Gasteiger partial charge in [-0.15, -0.1) is 0 Å². The molecule has 0 saturated carbocycles. The fourth-order valence-electron chi connectivity index (χ4n) is 3.80. The highest BCUT2D eigenvalue weighted by Crippen LogP contribution is 2.21. The topological polar surface area (TPSA) is 125 Å². The van der Waals surface area contributed by atoms with Crippen LogP contribution in [0, 0.1) is 5.92 Å². The molecule has 2 fully saturated rings. The molecular formula is C20H26ClN5O4. The van der Waals surface area contributed by atoms with E-state index in [0.29, 0.717) is 49.7 Å². The molecule has 0 radical (unpaired) electrons. The smallest absolute Gasteiger partial charge is 0.237 e. The first-order valence-corrected chi connectivity index (χ1v) is 10.4. The number of nitrogens with two attached hydrogens (primary N) is 1. The quantitative estimate of drug-likeness (QED) is 0.588. The molecule has 0 aromatic heterocycles. The number of para-hydroxylation sites is 1. The summed E-state index contributed by atoms with van der Waals surface area (Å²) in [5, 5.41) is 5.87. The molecule has 10 heteroatoms. The lowest BCUT2D eigenvalue weighted by atomic mass is 9.96. The third-order valence-corrected chi connectivity index (χ3v) is 5.89. The molecule has 4 N–H and O–H groups in total. The van der Waals surface area contributed by atoms with Crippen LogP contribution < -0.4 is 16.4 Å². The predicted molar refractivity (Wildman–Crippen MR) is 112 cm³/mol. The molecule has 2 aliphatic rings. The lowest BCUT2D eigenvalue weighted by molar-refractivity contribution is -0.140. The second kappa shape index (κ2) is 9.90. The summed E-state index contributed by atoms with van der Waals surface area (Å²) in [7, 11) is 0. The predicted octanol–water partition coefficient (Wildman–Crippen LogP) is 0.193. The number of carbonyl (C=O) groups excluding carboxylic acids is 4. The highest BCUT2D eigenvalue weighted by atomic mass is 35.5. The van der Waals surface area contributed by atoms with E-state index in [1.165, 1.54) is 0 Å². The van der Waals surface area contributed by atoms with Gasteiger partial charge in [-0.05, 0) is 25.0 Å². The fourth-order valence-corrected chi connectivity index (χ4v) is 3.98. The molecule has 0 spiro atoms. The van der Waals surface area contributed by atoms with Crippen molar-refractivity contribution in [1.82, 2.24) is 15.1 Å². The van der Waals surface area contributed by atoms with Crippen LogP contribution in [-0.4, -0.2) is 72.2 Å². The van der Waals surface area contributed by atoms with E-state index in [0.717, 1.165) is 0 Å². The molecule has 162 valence electrons. The molecular weight excluding hydrogens is 410 g/mol. The van der Waals surface area contributed by atoms with Crippen LogP contribution in [0.15, 0.2) is 24.3 Å². The molecule has 9 nitrogen and oxygen atoms in total. The van der Waals surface area contributed by atoms with Gasteiger partial charge in [-0.2, -0.15) is 0 Å². The molecule has 1 atom stereocenters. The van der Waals surface area contributed by atoms with Crippen molar-refractivity contribution in [3.8, 4) is 0 Å². The van der Waals surface area contributed by atoms with Gasteiger partial charge in [0.2, 0.25) is 23.6 Å². The Balaban J connectivity index is 1.58. The van der Waals surface area contributed by atoms with Crippen LogP contribution in [0.25, 0.3) is 0 Å². The Labute approximate surface area is 179 Å². The van der Waals surface area contributed by atoms with E-state index in [-0.39, 0.29) is 42.5 Å². The first-order chi connectivity index (χ1) is 14.3. The SMILES string of the molecule is NC(=O)C1CCN(C(=O)CN2CCNC(=O)C2CC(=O)Nc2ccccc2Cl)CC1. The fraction of sp³-hybridized carbons (Fsp3) is 0.500. The third-order valence-electron chi connectivity index (χ3n) is 5.56. The number of likely N-dealkylation sites (tertiary alicyclic amines) is 1. The molecule has 2 aliphatic heterocycles. The van der Waals surface area contributed by atoms with Crippen LogP contribution in [-0.2, 0) is 19.2 Å². The minimum atomic E-state index is -0.742. The normalized spacial score (nSPS) is 20.5. The number of piperidine rings is 1. The summed E-state index contributed by atoms with van der Waals surface area (Å²) >= 11 is 6.07. The van der Waals surface area contributed by atoms with Crippen LogP contribution in [0.2, 0.25) is 5.02 Å². The Kier molecular flexibility index (Phi) is 7.28. The number of rotatable bonds is 6. The van der Waals surface area contributed by atoms with Crippen LogP contribution in [0.1, 0.15) is 19.3 Å². The summed E-state index contributed by atoms with van der Waals surface area (Å²) in [5.41, 5.74) is 5.81. The molecule has 1 unspecified atom stereocenters. The van der Waals surface area contributed by atoms with Crippen LogP contribution in [0.5, 0.6) is 0 Å². The number of primary amides is 1. The van der Waals surface area contributed by atoms with E-state index >= 15 is 0 Å². The monoisotopic (exact) mass is 435 g/mol. The van der Waals surface area contributed by atoms with Gasteiger partial charge in [-0.1, -0.05) is 23.7 Å². The van der Waals surface area contributed by atoms with Gasteiger partial charge in [-0.25, -0.2) is 0 Å². The number of halogens is 1. The molecule has 30 heavy (non-hydrogen) atoms. The Hall–Kier alpha value is -2.65. The van der Waals surface area contributed by atoms with Crippen molar-refractivity contribution in [3.05, 3.63) is 29.3 Å². The number of nitrogens with one attached hydrogen (secondary N) is 2. The van der Waals surface area contributed by atoms with Crippen molar-refractivity contribution in [2.75, 3.05) is 38.0 Å². The summed E-state index contributed by atoms with van der Waals surface area (Å²) in [6.07, 6.45) is 1.00. The number of hydrogen-bond acceptors (Lipinski definition) is 5. The highest BCUT2D eigenvalue weighted by Gasteiger charge is 2.34. The molecule has 0 bridgehead atoms. The second-order valence-electron chi connectivity index (χ2n) is 7.57. The number of anilines is 1. The Bertz CT molecular complexity index is 825. The minimum absolute atomic E-state index is 0.0404. The molecule has 2 saturated heterocycles. The molecule has 1 aromatic carbocycles. The average molecular weight is 436 g/mol. The number of carbonyl (C=O) groups is 4. The van der Waals surface area contributed by atoms with E-state index in [1.807, 2.05) is 0 Å². The van der Waals surface area contributed by atoms with Gasteiger partial charge >= 0.3 is 0 Å². The first-order valence-electron chi connectivity index (χ1n) is 9.98. The molecule has 0 aliphatic carbocycles. The first kappa shape index (κ1) is 22.0. The molecule has 3 rings (SSSR count). The van der Waals surface area contributed by atoms with Crippen LogP contribution >= 0.6 is 11.6 Å². The summed E-state index contributed by atoms with van der Waals surface area (Å²) in [6, 6.07) is 6.11. The number of nitrogens with zero attached hydrogens (tertiary/aromatic N) is 2. The number of amides is 4. The highest BCUT2D eigenvalue weighted by molar-refractivity contribution is 6.33.